The van der Waals surface area contributed by atoms with E-state index in [9.17, 15) is 4.79 Å². The van der Waals surface area contributed by atoms with Gasteiger partial charge in [-0.05, 0) is 35.9 Å². The van der Waals surface area contributed by atoms with Gasteiger partial charge in [0, 0.05) is 24.5 Å². The van der Waals surface area contributed by atoms with Crippen LogP contribution in [0.15, 0.2) is 67.0 Å². The molecule has 2 heterocycles. The second-order valence-electron chi connectivity index (χ2n) is 6.37. The fourth-order valence-corrected chi connectivity index (χ4v) is 3.07. The summed E-state index contributed by atoms with van der Waals surface area (Å²) in [4.78, 5) is 20.7. The number of carbonyl (C=O) groups is 1. The number of ether oxygens (including phenoxy) is 2. The van der Waals surface area contributed by atoms with Crippen LogP contribution in [0.25, 0.3) is 17.0 Å². The molecule has 7 nitrogen and oxygen atoms in total. The number of esters is 1. The third kappa shape index (κ3) is 3.75. The average molecular weight is 388 g/mol. The Morgan fingerprint density at radius 1 is 1.07 bits per heavy atom. The third-order valence-electron chi connectivity index (χ3n) is 4.60. The Balaban J connectivity index is 1.67. The van der Waals surface area contributed by atoms with Crippen LogP contribution in [0.3, 0.4) is 0 Å². The molecule has 0 spiro atoms. The molecule has 0 radical (unpaired) electrons. The van der Waals surface area contributed by atoms with E-state index < -0.39 is 0 Å². The summed E-state index contributed by atoms with van der Waals surface area (Å²) in [6.45, 7) is 0.611. The quantitative estimate of drug-likeness (QED) is 0.506. The highest BCUT2D eigenvalue weighted by molar-refractivity contribution is 5.90. The number of aromatic nitrogens is 3. The Morgan fingerprint density at radius 3 is 2.52 bits per heavy atom. The van der Waals surface area contributed by atoms with Gasteiger partial charge in [0.1, 0.15) is 17.3 Å². The topological polar surface area (TPSA) is 77.8 Å². The van der Waals surface area contributed by atoms with E-state index in [1.165, 1.54) is 7.11 Å². The molecule has 2 aromatic heterocycles. The highest BCUT2D eigenvalue weighted by Gasteiger charge is 2.15. The molecule has 0 aliphatic rings. The largest absolute Gasteiger partial charge is 0.497 e. The number of anilines is 1. The Kier molecular flexibility index (Phi) is 5.11. The second-order valence-corrected chi connectivity index (χ2v) is 6.37. The zero-order valence-corrected chi connectivity index (χ0v) is 16.1. The van der Waals surface area contributed by atoms with Gasteiger partial charge in [0.2, 0.25) is 5.78 Å². The molecule has 29 heavy (non-hydrogen) atoms. The van der Waals surface area contributed by atoms with Crippen LogP contribution < -0.4 is 10.1 Å². The zero-order valence-electron chi connectivity index (χ0n) is 16.1. The van der Waals surface area contributed by atoms with Crippen LogP contribution in [0.5, 0.6) is 5.75 Å². The molecule has 7 heteroatoms. The van der Waals surface area contributed by atoms with E-state index in [1.54, 1.807) is 25.4 Å². The van der Waals surface area contributed by atoms with Gasteiger partial charge in [0.15, 0.2) is 0 Å². The molecule has 4 aromatic rings. The van der Waals surface area contributed by atoms with Crippen LogP contribution in [-0.4, -0.2) is 34.6 Å². The monoisotopic (exact) mass is 388 g/mol. The van der Waals surface area contributed by atoms with E-state index in [1.807, 2.05) is 53.1 Å². The number of nitrogens with one attached hydrogen (secondary N) is 1. The summed E-state index contributed by atoms with van der Waals surface area (Å²) >= 11 is 0. The number of carbonyl (C=O) groups excluding carboxylic acids is 1. The first-order valence-corrected chi connectivity index (χ1v) is 9.08. The Labute approximate surface area is 168 Å². The van der Waals surface area contributed by atoms with Crippen LogP contribution in [0.1, 0.15) is 15.9 Å². The van der Waals surface area contributed by atoms with Crippen molar-refractivity contribution in [3.63, 3.8) is 0 Å². The second kappa shape index (κ2) is 8.02. The molecule has 146 valence electrons. The SMILES string of the molecule is COC(=O)c1ccc(-c2nc3ncccn3c2NCc2ccc(OC)cc2)cc1. The number of rotatable bonds is 6. The van der Waals surface area contributed by atoms with Crippen LogP contribution in [0, 0.1) is 0 Å². The molecule has 0 saturated heterocycles. The van der Waals surface area contributed by atoms with Crippen molar-refractivity contribution in [2.75, 3.05) is 19.5 Å². The molecule has 0 aliphatic heterocycles. The van der Waals surface area contributed by atoms with Gasteiger partial charge in [-0.15, -0.1) is 0 Å². The first kappa shape index (κ1) is 18.5. The smallest absolute Gasteiger partial charge is 0.337 e. The number of nitrogens with zero attached hydrogens (tertiary/aromatic N) is 3. The van der Waals surface area contributed by atoms with Crippen LogP contribution in [0.2, 0.25) is 0 Å². The standard InChI is InChI=1S/C22H20N4O3/c1-28-18-10-4-15(5-11-18)14-24-20-19(25-22-23-12-3-13-26(20)22)16-6-8-17(9-7-16)21(27)29-2/h3-13,24H,14H2,1-2H3. The Bertz CT molecular complexity index is 1140. The predicted molar refractivity (Wildman–Crippen MR) is 110 cm³/mol. The van der Waals surface area contributed by atoms with Gasteiger partial charge in [-0.1, -0.05) is 24.3 Å². The van der Waals surface area contributed by atoms with Crippen molar-refractivity contribution in [2.24, 2.45) is 0 Å². The van der Waals surface area contributed by atoms with E-state index >= 15 is 0 Å². The molecule has 0 saturated carbocycles. The van der Waals surface area contributed by atoms with Gasteiger partial charge in [0.25, 0.3) is 0 Å². The van der Waals surface area contributed by atoms with Gasteiger partial charge in [-0.2, -0.15) is 0 Å². The van der Waals surface area contributed by atoms with E-state index in [4.69, 9.17) is 9.47 Å². The maximum atomic E-state index is 11.7. The molecule has 2 aromatic carbocycles. The maximum Gasteiger partial charge on any atom is 0.337 e. The number of fused-ring (bicyclic) bond motifs is 1. The van der Waals surface area contributed by atoms with Crippen molar-refractivity contribution in [2.45, 2.75) is 6.54 Å². The molecule has 0 unspecified atom stereocenters. The minimum atomic E-state index is -0.369. The third-order valence-corrected chi connectivity index (χ3v) is 4.60. The van der Waals surface area contributed by atoms with Crippen molar-refractivity contribution in [1.82, 2.24) is 14.4 Å². The fourth-order valence-electron chi connectivity index (χ4n) is 3.07. The number of hydrogen-bond acceptors (Lipinski definition) is 6. The number of benzene rings is 2. The van der Waals surface area contributed by atoms with E-state index in [0.29, 0.717) is 17.9 Å². The number of hydrogen-bond donors (Lipinski definition) is 1. The van der Waals surface area contributed by atoms with E-state index in [2.05, 4.69) is 15.3 Å². The average Bonchev–Trinajstić information content (AvgIpc) is 3.16. The lowest BCUT2D eigenvalue weighted by atomic mass is 10.1. The summed E-state index contributed by atoms with van der Waals surface area (Å²) in [6, 6.07) is 16.9. The molecule has 0 fully saturated rings. The minimum absolute atomic E-state index is 0.369. The Morgan fingerprint density at radius 2 is 1.83 bits per heavy atom. The zero-order chi connectivity index (χ0) is 20.2. The Hall–Kier alpha value is -3.87. The normalized spacial score (nSPS) is 10.7. The van der Waals surface area contributed by atoms with Crippen LogP contribution in [-0.2, 0) is 11.3 Å². The summed E-state index contributed by atoms with van der Waals surface area (Å²) in [5.41, 5.74) is 3.23. The molecule has 0 amide bonds. The van der Waals surface area contributed by atoms with Gasteiger partial charge >= 0.3 is 5.97 Å². The summed E-state index contributed by atoms with van der Waals surface area (Å²) in [6.07, 6.45) is 3.62. The molecule has 0 aliphatic carbocycles. The van der Waals surface area contributed by atoms with Gasteiger partial charge in [-0.3, -0.25) is 4.40 Å². The van der Waals surface area contributed by atoms with Gasteiger partial charge in [0.05, 0.1) is 19.8 Å². The summed E-state index contributed by atoms with van der Waals surface area (Å²) < 4.78 is 11.9. The minimum Gasteiger partial charge on any atom is -0.497 e. The molecular weight excluding hydrogens is 368 g/mol. The summed E-state index contributed by atoms with van der Waals surface area (Å²) in [5, 5.41) is 3.47. The van der Waals surface area contributed by atoms with E-state index in [0.717, 1.165) is 28.4 Å². The fraction of sp³-hybridized carbons (Fsp3) is 0.136. The molecule has 4 rings (SSSR count). The number of methoxy groups -OCH3 is 2. The predicted octanol–water partition coefficient (Wildman–Crippen LogP) is 3.80. The summed E-state index contributed by atoms with van der Waals surface area (Å²) in [7, 11) is 3.02. The highest BCUT2D eigenvalue weighted by atomic mass is 16.5. The lowest BCUT2D eigenvalue weighted by Crippen LogP contribution is -2.04. The van der Waals surface area contributed by atoms with Crippen molar-refractivity contribution in [1.29, 1.82) is 0 Å². The molecule has 0 atom stereocenters. The molecular formula is C22H20N4O3. The first-order valence-electron chi connectivity index (χ1n) is 9.08. The molecule has 1 N–H and O–H groups in total. The lowest BCUT2D eigenvalue weighted by Gasteiger charge is -2.10. The maximum absolute atomic E-state index is 11.7. The van der Waals surface area contributed by atoms with Gasteiger partial charge < -0.3 is 14.8 Å². The highest BCUT2D eigenvalue weighted by Crippen LogP contribution is 2.29. The first-order chi connectivity index (χ1) is 14.2. The van der Waals surface area contributed by atoms with Crippen molar-refractivity contribution >= 4 is 17.6 Å². The van der Waals surface area contributed by atoms with Crippen LogP contribution >= 0.6 is 0 Å². The van der Waals surface area contributed by atoms with Crippen molar-refractivity contribution < 1.29 is 14.3 Å². The van der Waals surface area contributed by atoms with Crippen LogP contribution in [0.4, 0.5) is 5.82 Å². The van der Waals surface area contributed by atoms with Crippen molar-refractivity contribution in [3.05, 3.63) is 78.1 Å². The van der Waals surface area contributed by atoms with E-state index in [-0.39, 0.29) is 5.97 Å². The molecule has 0 bridgehead atoms. The number of imidazole rings is 1. The van der Waals surface area contributed by atoms with Gasteiger partial charge in [-0.25, -0.2) is 14.8 Å². The lowest BCUT2D eigenvalue weighted by molar-refractivity contribution is 0.0601. The summed E-state index contributed by atoms with van der Waals surface area (Å²) in [5.74, 6) is 1.87. The van der Waals surface area contributed by atoms with Crippen molar-refractivity contribution in [3.8, 4) is 17.0 Å².